The van der Waals surface area contributed by atoms with Crippen LogP contribution in [0.25, 0.3) is 0 Å². The summed E-state index contributed by atoms with van der Waals surface area (Å²) in [7, 11) is 0. The maximum Gasteiger partial charge on any atom is 0.251 e. The summed E-state index contributed by atoms with van der Waals surface area (Å²) in [5.41, 5.74) is 0.434. The lowest BCUT2D eigenvalue weighted by Crippen LogP contribution is -2.46. The smallest absolute Gasteiger partial charge is 0.251 e. The molecule has 0 radical (unpaired) electrons. The summed E-state index contributed by atoms with van der Waals surface area (Å²) in [6, 6.07) is 10.4. The average molecular weight is 335 g/mol. The van der Waals surface area contributed by atoms with Crippen molar-refractivity contribution in [3.8, 4) is 5.75 Å². The number of hydrogen-bond acceptors (Lipinski definition) is 4. The first kappa shape index (κ1) is 17.2. The molecule has 1 aromatic carbocycles. The third-order valence-corrected chi connectivity index (χ3v) is 3.31. The van der Waals surface area contributed by atoms with Crippen molar-refractivity contribution in [3.05, 3.63) is 58.9 Å². The number of nitrogens with zero attached hydrogens (tertiary/aromatic N) is 1. The highest BCUT2D eigenvalue weighted by molar-refractivity contribution is 6.31. The summed E-state index contributed by atoms with van der Waals surface area (Å²) in [6.45, 7) is 3.58. The van der Waals surface area contributed by atoms with Gasteiger partial charge in [-0.15, -0.1) is 0 Å². The Morgan fingerprint density at radius 1 is 1.35 bits per heavy atom. The lowest BCUT2D eigenvalue weighted by Gasteiger charge is -2.23. The molecule has 1 heterocycles. The van der Waals surface area contributed by atoms with Crippen molar-refractivity contribution in [1.82, 2.24) is 10.3 Å². The van der Waals surface area contributed by atoms with Gasteiger partial charge in [0.15, 0.2) is 0 Å². The standard InChI is InChI=1S/C17H19ClN2O3/c1-17(2,11-21)20-16(22)12-7-13(18)9-15(8-12)23-10-14-5-3-4-6-19-14/h3-9,21H,10-11H2,1-2H3,(H,20,22). The van der Waals surface area contributed by atoms with Crippen LogP contribution >= 0.6 is 11.6 Å². The number of ether oxygens (including phenoxy) is 1. The molecule has 2 rings (SSSR count). The van der Waals surface area contributed by atoms with E-state index in [4.69, 9.17) is 16.3 Å². The maximum atomic E-state index is 12.2. The Kier molecular flexibility index (Phi) is 5.58. The molecular weight excluding hydrogens is 316 g/mol. The molecule has 23 heavy (non-hydrogen) atoms. The van der Waals surface area contributed by atoms with Gasteiger partial charge in [0.1, 0.15) is 12.4 Å². The van der Waals surface area contributed by atoms with E-state index >= 15 is 0 Å². The number of carbonyl (C=O) groups is 1. The molecule has 0 aliphatic rings. The molecule has 0 saturated carbocycles. The van der Waals surface area contributed by atoms with Crippen molar-refractivity contribution >= 4 is 17.5 Å². The van der Waals surface area contributed by atoms with E-state index in [1.807, 2.05) is 18.2 Å². The minimum absolute atomic E-state index is 0.164. The van der Waals surface area contributed by atoms with Gasteiger partial charge in [-0.05, 0) is 44.2 Å². The third-order valence-electron chi connectivity index (χ3n) is 3.09. The molecular formula is C17H19ClN2O3. The first-order chi connectivity index (χ1) is 10.9. The molecule has 0 unspecified atom stereocenters. The fourth-order valence-electron chi connectivity index (χ4n) is 1.84. The van der Waals surface area contributed by atoms with Crippen LogP contribution in [-0.4, -0.2) is 28.1 Å². The van der Waals surface area contributed by atoms with Crippen molar-refractivity contribution in [2.75, 3.05) is 6.61 Å². The number of amides is 1. The molecule has 0 aliphatic carbocycles. The maximum absolute atomic E-state index is 12.2. The number of aromatic nitrogens is 1. The van der Waals surface area contributed by atoms with Crippen LogP contribution in [0.3, 0.4) is 0 Å². The lowest BCUT2D eigenvalue weighted by atomic mass is 10.1. The molecule has 2 N–H and O–H groups in total. The zero-order valence-electron chi connectivity index (χ0n) is 13.0. The molecule has 122 valence electrons. The molecule has 0 spiro atoms. The molecule has 0 aliphatic heterocycles. The zero-order valence-corrected chi connectivity index (χ0v) is 13.8. The minimum atomic E-state index is -0.714. The highest BCUT2D eigenvalue weighted by atomic mass is 35.5. The number of nitrogens with one attached hydrogen (secondary N) is 1. The molecule has 1 aromatic heterocycles. The van der Waals surface area contributed by atoms with E-state index in [2.05, 4.69) is 10.3 Å². The molecule has 0 atom stereocenters. The second kappa shape index (κ2) is 7.44. The highest BCUT2D eigenvalue weighted by Gasteiger charge is 2.20. The van der Waals surface area contributed by atoms with E-state index in [1.165, 1.54) is 0 Å². The Labute approximate surface area is 140 Å². The van der Waals surface area contributed by atoms with Gasteiger partial charge >= 0.3 is 0 Å². The van der Waals surface area contributed by atoms with Crippen LogP contribution in [0.15, 0.2) is 42.6 Å². The van der Waals surface area contributed by atoms with Gasteiger partial charge in [-0.3, -0.25) is 9.78 Å². The van der Waals surface area contributed by atoms with Crippen LogP contribution in [0.1, 0.15) is 29.9 Å². The van der Waals surface area contributed by atoms with Crippen LogP contribution in [0.4, 0.5) is 0 Å². The van der Waals surface area contributed by atoms with Crippen molar-refractivity contribution in [3.63, 3.8) is 0 Å². The summed E-state index contributed by atoms with van der Waals surface area (Å²) in [6.07, 6.45) is 1.69. The van der Waals surface area contributed by atoms with Gasteiger partial charge < -0.3 is 15.2 Å². The second-order valence-corrected chi connectivity index (χ2v) is 6.22. The van der Waals surface area contributed by atoms with Crippen molar-refractivity contribution < 1.29 is 14.6 Å². The quantitative estimate of drug-likeness (QED) is 0.852. The summed E-state index contributed by atoms with van der Waals surface area (Å²) in [5, 5.41) is 12.4. The number of benzene rings is 1. The van der Waals surface area contributed by atoms with Gasteiger partial charge in [0.05, 0.1) is 17.8 Å². The molecule has 6 heteroatoms. The monoisotopic (exact) mass is 334 g/mol. The van der Waals surface area contributed by atoms with Gasteiger partial charge in [0, 0.05) is 16.8 Å². The predicted octanol–water partition coefficient (Wildman–Crippen LogP) is 2.81. The molecule has 0 fully saturated rings. The van der Waals surface area contributed by atoms with Crippen molar-refractivity contribution in [2.24, 2.45) is 0 Å². The van der Waals surface area contributed by atoms with Gasteiger partial charge in [0.2, 0.25) is 0 Å². The Balaban J connectivity index is 2.11. The normalized spacial score (nSPS) is 11.1. The average Bonchev–Trinajstić information content (AvgIpc) is 2.53. The first-order valence-electron chi connectivity index (χ1n) is 7.16. The molecule has 0 saturated heterocycles. The molecule has 2 aromatic rings. The number of rotatable bonds is 6. The van der Waals surface area contributed by atoms with E-state index < -0.39 is 5.54 Å². The molecule has 5 nitrogen and oxygen atoms in total. The lowest BCUT2D eigenvalue weighted by molar-refractivity contribution is 0.0869. The largest absolute Gasteiger partial charge is 0.487 e. The summed E-state index contributed by atoms with van der Waals surface area (Å²) in [5.74, 6) is 0.157. The predicted molar refractivity (Wildman–Crippen MR) is 88.7 cm³/mol. The zero-order chi connectivity index (χ0) is 16.9. The van der Waals surface area contributed by atoms with Crippen LogP contribution in [-0.2, 0) is 6.61 Å². The molecule has 0 bridgehead atoms. The number of pyridine rings is 1. The summed E-state index contributed by atoms with van der Waals surface area (Å²) >= 11 is 6.06. The number of carbonyl (C=O) groups excluding carboxylic acids is 1. The Morgan fingerprint density at radius 2 is 2.13 bits per heavy atom. The first-order valence-corrected chi connectivity index (χ1v) is 7.54. The topological polar surface area (TPSA) is 71.5 Å². The van der Waals surface area contributed by atoms with Crippen molar-refractivity contribution in [1.29, 1.82) is 0 Å². The molecule has 1 amide bonds. The summed E-state index contributed by atoms with van der Waals surface area (Å²) < 4.78 is 5.64. The van der Waals surface area contributed by atoms with Crippen LogP contribution in [0.2, 0.25) is 5.02 Å². The van der Waals surface area contributed by atoms with E-state index in [9.17, 15) is 9.90 Å². The van der Waals surface area contributed by atoms with Crippen LogP contribution in [0, 0.1) is 0 Å². The number of hydrogen-bond donors (Lipinski definition) is 2. The fraction of sp³-hybridized carbons (Fsp3) is 0.294. The summed E-state index contributed by atoms with van der Waals surface area (Å²) in [4.78, 5) is 16.4. The van der Waals surface area contributed by atoms with E-state index in [0.29, 0.717) is 16.3 Å². The second-order valence-electron chi connectivity index (χ2n) is 5.78. The number of halogens is 1. The van der Waals surface area contributed by atoms with Gasteiger partial charge in [-0.25, -0.2) is 0 Å². The van der Waals surface area contributed by atoms with Gasteiger partial charge in [-0.1, -0.05) is 17.7 Å². The van der Waals surface area contributed by atoms with Gasteiger partial charge in [0.25, 0.3) is 5.91 Å². The minimum Gasteiger partial charge on any atom is -0.487 e. The Bertz CT molecular complexity index is 675. The highest BCUT2D eigenvalue weighted by Crippen LogP contribution is 2.22. The van der Waals surface area contributed by atoms with E-state index in [-0.39, 0.29) is 19.1 Å². The van der Waals surface area contributed by atoms with Gasteiger partial charge in [-0.2, -0.15) is 0 Å². The van der Waals surface area contributed by atoms with Crippen LogP contribution < -0.4 is 10.1 Å². The van der Waals surface area contributed by atoms with Crippen LogP contribution in [0.5, 0.6) is 5.75 Å². The third kappa shape index (κ3) is 5.23. The Morgan fingerprint density at radius 3 is 2.78 bits per heavy atom. The van der Waals surface area contributed by atoms with E-state index in [0.717, 1.165) is 5.69 Å². The van der Waals surface area contributed by atoms with E-state index in [1.54, 1.807) is 38.2 Å². The number of aliphatic hydroxyl groups is 1. The fourth-order valence-corrected chi connectivity index (χ4v) is 2.06. The number of aliphatic hydroxyl groups excluding tert-OH is 1. The Hall–Kier alpha value is -2.11. The SMILES string of the molecule is CC(C)(CO)NC(=O)c1cc(Cl)cc(OCc2ccccn2)c1. The van der Waals surface area contributed by atoms with Crippen molar-refractivity contribution in [2.45, 2.75) is 26.0 Å².